The van der Waals surface area contributed by atoms with Crippen LogP contribution in [0.15, 0.2) is 16.6 Å². The molecule has 1 aromatic rings. The summed E-state index contributed by atoms with van der Waals surface area (Å²) in [5.41, 5.74) is 1.43. The predicted octanol–water partition coefficient (Wildman–Crippen LogP) is 2.34. The highest BCUT2D eigenvalue weighted by atomic mass is 79.9. The van der Waals surface area contributed by atoms with Gasteiger partial charge in [-0.1, -0.05) is 15.9 Å². The van der Waals surface area contributed by atoms with Crippen molar-refractivity contribution >= 4 is 21.7 Å². The minimum Gasteiger partial charge on any atom is -0.496 e. The van der Waals surface area contributed by atoms with Crippen molar-refractivity contribution in [3.63, 3.8) is 0 Å². The summed E-state index contributed by atoms with van der Waals surface area (Å²) < 4.78 is 5.99. The van der Waals surface area contributed by atoms with Gasteiger partial charge < -0.3 is 4.74 Å². The Balaban J connectivity index is 2.63. The Morgan fingerprint density at radius 1 is 1.60 bits per heavy atom. The number of nitriles is 1. The molecular weight excluding hydrogens is 258 g/mol. The summed E-state index contributed by atoms with van der Waals surface area (Å²) in [5, 5.41) is 8.84. The van der Waals surface area contributed by atoms with Gasteiger partial charge >= 0.3 is 0 Å². The van der Waals surface area contributed by atoms with Gasteiger partial charge in [0.1, 0.15) is 11.7 Å². The van der Waals surface area contributed by atoms with Gasteiger partial charge in [-0.3, -0.25) is 4.79 Å². The number of ether oxygens (including phenoxy) is 1. The Bertz CT molecular complexity index is 476. The molecule has 1 atom stereocenters. The lowest BCUT2D eigenvalue weighted by atomic mass is 10.1. The second-order valence-electron chi connectivity index (χ2n) is 3.35. The van der Waals surface area contributed by atoms with E-state index in [2.05, 4.69) is 15.9 Å². The molecule has 4 heteroatoms. The molecule has 0 aliphatic heterocycles. The van der Waals surface area contributed by atoms with Crippen molar-refractivity contribution in [2.24, 2.45) is 5.92 Å². The number of hydrogen-bond donors (Lipinski definition) is 0. The summed E-state index contributed by atoms with van der Waals surface area (Å²) in [6.07, 6.45) is 0.475. The molecule has 1 unspecified atom stereocenters. The van der Waals surface area contributed by atoms with Crippen molar-refractivity contribution in [2.45, 2.75) is 6.42 Å². The second kappa shape index (κ2) is 3.67. The highest BCUT2D eigenvalue weighted by Gasteiger charge is 2.34. The van der Waals surface area contributed by atoms with Crippen LogP contribution < -0.4 is 4.74 Å². The number of halogens is 1. The minimum atomic E-state index is -0.562. The van der Waals surface area contributed by atoms with Crippen molar-refractivity contribution in [1.82, 2.24) is 0 Å². The molecular formula is C11H8BrNO2. The lowest BCUT2D eigenvalue weighted by Crippen LogP contribution is -2.06. The van der Waals surface area contributed by atoms with Crippen LogP contribution in [0, 0.1) is 17.2 Å². The molecule has 0 saturated carbocycles. The molecule has 1 aromatic carbocycles. The minimum absolute atomic E-state index is 0.134. The standard InChI is InChI=1S/C11H8BrNO2/c1-15-9-3-2-8(12)7-4-6(5-13)11(14)10(7)9/h2-3,6H,4H2,1H3. The number of Topliss-reactive ketones (excluding diaryl/α,β-unsaturated/α-hetero) is 1. The van der Waals surface area contributed by atoms with Crippen LogP contribution in [0.2, 0.25) is 0 Å². The van der Waals surface area contributed by atoms with Crippen molar-refractivity contribution < 1.29 is 9.53 Å². The van der Waals surface area contributed by atoms with E-state index in [9.17, 15) is 4.79 Å². The van der Waals surface area contributed by atoms with E-state index in [4.69, 9.17) is 10.00 Å². The molecule has 0 bridgehead atoms. The number of carbonyl (C=O) groups excluding carboxylic acids is 1. The van der Waals surface area contributed by atoms with E-state index < -0.39 is 5.92 Å². The third kappa shape index (κ3) is 1.44. The zero-order valence-corrected chi connectivity index (χ0v) is 9.67. The largest absolute Gasteiger partial charge is 0.496 e. The van der Waals surface area contributed by atoms with E-state index in [1.54, 1.807) is 6.07 Å². The van der Waals surface area contributed by atoms with E-state index >= 15 is 0 Å². The molecule has 1 aliphatic carbocycles. The van der Waals surface area contributed by atoms with Crippen molar-refractivity contribution in [1.29, 1.82) is 5.26 Å². The van der Waals surface area contributed by atoms with E-state index in [1.165, 1.54) is 7.11 Å². The fourth-order valence-corrected chi connectivity index (χ4v) is 2.31. The van der Waals surface area contributed by atoms with Gasteiger partial charge in [-0.15, -0.1) is 0 Å². The molecule has 2 rings (SSSR count). The smallest absolute Gasteiger partial charge is 0.184 e. The average Bonchev–Trinajstić information content (AvgIpc) is 2.58. The molecule has 0 spiro atoms. The molecule has 76 valence electrons. The highest BCUT2D eigenvalue weighted by molar-refractivity contribution is 9.10. The molecule has 0 N–H and O–H groups in total. The summed E-state index contributed by atoms with van der Waals surface area (Å²) in [4.78, 5) is 11.8. The van der Waals surface area contributed by atoms with E-state index in [1.807, 2.05) is 12.1 Å². The fraction of sp³-hybridized carbons (Fsp3) is 0.273. The maximum Gasteiger partial charge on any atom is 0.184 e. The molecule has 3 nitrogen and oxygen atoms in total. The Kier molecular flexibility index (Phi) is 2.49. The average molecular weight is 266 g/mol. The van der Waals surface area contributed by atoms with Gasteiger partial charge in [0, 0.05) is 4.47 Å². The lowest BCUT2D eigenvalue weighted by Gasteiger charge is -2.06. The van der Waals surface area contributed by atoms with E-state index in [0.717, 1.165) is 10.0 Å². The molecule has 15 heavy (non-hydrogen) atoms. The summed E-state index contributed by atoms with van der Waals surface area (Å²) >= 11 is 3.38. The molecule has 0 aromatic heterocycles. The maximum atomic E-state index is 11.8. The zero-order valence-electron chi connectivity index (χ0n) is 8.08. The van der Waals surface area contributed by atoms with Gasteiger partial charge in [0.25, 0.3) is 0 Å². The van der Waals surface area contributed by atoms with E-state index in [-0.39, 0.29) is 5.78 Å². The van der Waals surface area contributed by atoms with Crippen LogP contribution in [0.5, 0.6) is 5.75 Å². The molecule has 0 fully saturated rings. The summed E-state index contributed by atoms with van der Waals surface area (Å²) in [6, 6.07) is 5.59. The van der Waals surface area contributed by atoms with Crippen molar-refractivity contribution in [3.05, 3.63) is 27.7 Å². The summed E-state index contributed by atoms with van der Waals surface area (Å²) in [6.45, 7) is 0. The SMILES string of the molecule is COc1ccc(Br)c2c1C(=O)C(C#N)C2. The first-order valence-corrected chi connectivity index (χ1v) is 5.27. The number of methoxy groups -OCH3 is 1. The van der Waals surface area contributed by atoms with Gasteiger partial charge in [-0.2, -0.15) is 5.26 Å². The number of rotatable bonds is 1. The quantitative estimate of drug-likeness (QED) is 0.783. The van der Waals surface area contributed by atoms with Gasteiger partial charge in [0.2, 0.25) is 0 Å². The Hall–Kier alpha value is -1.34. The first-order valence-electron chi connectivity index (χ1n) is 4.48. The van der Waals surface area contributed by atoms with Crippen molar-refractivity contribution in [2.75, 3.05) is 7.11 Å². The molecule has 1 aliphatic rings. The highest BCUT2D eigenvalue weighted by Crippen LogP contribution is 2.37. The van der Waals surface area contributed by atoms with Crippen LogP contribution in [-0.2, 0) is 6.42 Å². The van der Waals surface area contributed by atoms with Crippen LogP contribution >= 0.6 is 15.9 Å². The predicted molar refractivity (Wildman–Crippen MR) is 57.8 cm³/mol. The first-order chi connectivity index (χ1) is 7.19. The number of hydrogen-bond acceptors (Lipinski definition) is 3. The Morgan fingerprint density at radius 3 is 2.93 bits per heavy atom. The monoisotopic (exact) mass is 265 g/mol. The normalized spacial score (nSPS) is 18.5. The van der Waals surface area contributed by atoms with Crippen molar-refractivity contribution in [3.8, 4) is 11.8 Å². The van der Waals surface area contributed by atoms with Crippen LogP contribution in [0.25, 0.3) is 0 Å². The fourth-order valence-electron chi connectivity index (χ4n) is 1.82. The Labute approximate surface area is 95.8 Å². The third-order valence-electron chi connectivity index (χ3n) is 2.56. The van der Waals surface area contributed by atoms with Crippen LogP contribution in [0.1, 0.15) is 15.9 Å². The first kappa shape index (κ1) is 10.2. The van der Waals surface area contributed by atoms with Crippen LogP contribution in [-0.4, -0.2) is 12.9 Å². The van der Waals surface area contributed by atoms with Gasteiger partial charge in [0.15, 0.2) is 5.78 Å². The van der Waals surface area contributed by atoms with Crippen LogP contribution in [0.3, 0.4) is 0 Å². The zero-order chi connectivity index (χ0) is 11.0. The third-order valence-corrected chi connectivity index (χ3v) is 3.31. The molecule has 0 radical (unpaired) electrons. The topological polar surface area (TPSA) is 50.1 Å². The van der Waals surface area contributed by atoms with Crippen LogP contribution in [0.4, 0.5) is 0 Å². The number of carbonyl (C=O) groups is 1. The van der Waals surface area contributed by atoms with E-state index in [0.29, 0.717) is 17.7 Å². The van der Waals surface area contributed by atoms with Gasteiger partial charge in [-0.05, 0) is 24.1 Å². The number of fused-ring (bicyclic) bond motifs is 1. The number of ketones is 1. The summed E-state index contributed by atoms with van der Waals surface area (Å²) in [5.74, 6) is -0.144. The molecule has 0 amide bonds. The number of nitrogens with zero attached hydrogens (tertiary/aromatic N) is 1. The van der Waals surface area contributed by atoms with Gasteiger partial charge in [0.05, 0.1) is 18.7 Å². The lowest BCUT2D eigenvalue weighted by molar-refractivity contribution is 0.0961. The van der Waals surface area contributed by atoms with Gasteiger partial charge in [-0.25, -0.2) is 0 Å². The molecule has 0 heterocycles. The second-order valence-corrected chi connectivity index (χ2v) is 4.21. The Morgan fingerprint density at radius 2 is 2.33 bits per heavy atom. The maximum absolute atomic E-state index is 11.8. The summed E-state index contributed by atoms with van der Waals surface area (Å²) in [7, 11) is 1.52. The number of benzene rings is 1. The molecule has 0 saturated heterocycles.